The number of carbonyl (C=O) groups excluding carboxylic acids is 1. The van der Waals surface area contributed by atoms with E-state index in [1.807, 2.05) is 12.1 Å². The minimum absolute atomic E-state index is 0.0204. The molecule has 2 bridgehead atoms. The Labute approximate surface area is 158 Å². The van der Waals surface area contributed by atoms with Gasteiger partial charge in [0.25, 0.3) is 11.6 Å². The second-order valence-electron chi connectivity index (χ2n) is 5.46. The molecule has 2 amide bonds. The van der Waals surface area contributed by atoms with Gasteiger partial charge in [0.1, 0.15) is 18.4 Å². The van der Waals surface area contributed by atoms with Crippen molar-refractivity contribution in [2.45, 2.75) is 6.42 Å². The number of nitro groups is 1. The van der Waals surface area contributed by atoms with Gasteiger partial charge in [0, 0.05) is 12.1 Å². The van der Waals surface area contributed by atoms with Gasteiger partial charge >= 0.3 is 6.03 Å². The molecule has 2 heterocycles. The smallest absolute Gasteiger partial charge is 0.325 e. The lowest BCUT2D eigenvalue weighted by Crippen LogP contribution is -2.21. The first-order valence-electron chi connectivity index (χ1n) is 8.11. The first-order chi connectivity index (χ1) is 13.6. The lowest BCUT2D eigenvalue weighted by molar-refractivity contribution is -0.384. The molecule has 0 aliphatic carbocycles. The van der Waals surface area contributed by atoms with Crippen molar-refractivity contribution >= 4 is 23.2 Å². The van der Waals surface area contributed by atoms with Crippen LogP contribution in [-0.4, -0.2) is 34.1 Å². The lowest BCUT2D eigenvalue weighted by Gasteiger charge is -2.12. The van der Waals surface area contributed by atoms with E-state index in [9.17, 15) is 14.9 Å². The van der Waals surface area contributed by atoms with E-state index in [1.54, 1.807) is 6.08 Å². The molecule has 0 saturated carbocycles. The van der Waals surface area contributed by atoms with Gasteiger partial charge < -0.3 is 14.8 Å². The molecular weight excluding hydrogens is 368 g/mol. The number of fused-ring (bicyclic) bond motifs is 3. The predicted octanol–water partition coefficient (Wildman–Crippen LogP) is 2.62. The molecule has 1 aromatic heterocycles. The van der Waals surface area contributed by atoms with Gasteiger partial charge in [-0.25, -0.2) is 9.78 Å². The highest BCUT2D eigenvalue weighted by atomic mass is 16.6. The molecule has 1 aliphatic rings. The monoisotopic (exact) mass is 382 g/mol. The third kappa shape index (κ3) is 4.50. The van der Waals surface area contributed by atoms with Crippen LogP contribution in [0.4, 0.5) is 22.0 Å². The van der Waals surface area contributed by atoms with Crippen molar-refractivity contribution in [2.75, 3.05) is 23.8 Å². The standard InChI is InChI=1S/C17H14N6O5/c18-9-13-16-21-15(10-19-13)22-17(24)20-12-8-11(23(25)26)4-5-14(12)27-6-2-1-3-7-28-16/h1,3-5,8,10H,2,6-7H2,(H2,20,21,22,24)/b3-1-. The van der Waals surface area contributed by atoms with Gasteiger partial charge in [-0.15, -0.1) is 0 Å². The summed E-state index contributed by atoms with van der Waals surface area (Å²) in [5.74, 6) is 0.303. The van der Waals surface area contributed by atoms with Crippen LogP contribution in [0.25, 0.3) is 0 Å². The number of non-ortho nitro benzene ring substituents is 1. The molecule has 0 saturated heterocycles. The van der Waals surface area contributed by atoms with Gasteiger partial charge in [0.05, 0.1) is 23.4 Å². The number of nitro benzene ring substituents is 1. The van der Waals surface area contributed by atoms with E-state index >= 15 is 0 Å². The van der Waals surface area contributed by atoms with Crippen molar-refractivity contribution in [2.24, 2.45) is 0 Å². The fourth-order valence-electron chi connectivity index (χ4n) is 2.28. The Morgan fingerprint density at radius 1 is 1.25 bits per heavy atom. The largest absolute Gasteiger partial charge is 0.491 e. The Hall–Kier alpha value is -4.20. The molecule has 0 atom stereocenters. The lowest BCUT2D eigenvalue weighted by atomic mass is 10.2. The maximum absolute atomic E-state index is 12.3. The summed E-state index contributed by atoms with van der Waals surface area (Å²) >= 11 is 0. The summed E-state index contributed by atoms with van der Waals surface area (Å²) in [6, 6.07) is 5.04. The van der Waals surface area contributed by atoms with E-state index < -0.39 is 11.0 Å². The molecule has 1 aromatic carbocycles. The summed E-state index contributed by atoms with van der Waals surface area (Å²) in [5.41, 5.74) is -0.0917. The molecule has 2 N–H and O–H groups in total. The summed E-state index contributed by atoms with van der Waals surface area (Å²) in [6.45, 7) is 0.434. The second kappa shape index (κ2) is 8.45. The third-order valence-electron chi connectivity index (χ3n) is 3.54. The van der Waals surface area contributed by atoms with Crippen LogP contribution in [0.2, 0.25) is 0 Å². The van der Waals surface area contributed by atoms with Crippen LogP contribution in [0.15, 0.2) is 36.5 Å². The minimum Gasteiger partial charge on any atom is -0.491 e. The Morgan fingerprint density at radius 2 is 2.11 bits per heavy atom. The summed E-state index contributed by atoms with van der Waals surface area (Å²) in [7, 11) is 0. The van der Waals surface area contributed by atoms with Crippen LogP contribution in [0.5, 0.6) is 11.6 Å². The van der Waals surface area contributed by atoms with E-state index in [2.05, 4.69) is 20.6 Å². The van der Waals surface area contributed by atoms with Gasteiger partial charge in [-0.05, 0) is 12.5 Å². The number of carbonyl (C=O) groups is 1. The minimum atomic E-state index is -0.719. The zero-order valence-electron chi connectivity index (χ0n) is 14.4. The van der Waals surface area contributed by atoms with Crippen molar-refractivity contribution in [1.29, 1.82) is 5.26 Å². The Kier molecular flexibility index (Phi) is 5.61. The van der Waals surface area contributed by atoms with Gasteiger partial charge in [0.2, 0.25) is 5.69 Å². The number of rotatable bonds is 1. The molecule has 0 unspecified atom stereocenters. The number of hydrogen-bond acceptors (Lipinski definition) is 8. The highest BCUT2D eigenvalue weighted by molar-refractivity contribution is 6.00. The Balaban J connectivity index is 1.93. The van der Waals surface area contributed by atoms with Gasteiger partial charge in [-0.1, -0.05) is 12.2 Å². The van der Waals surface area contributed by atoms with Crippen molar-refractivity contribution in [3.05, 3.63) is 52.4 Å². The number of hydrogen-bond donors (Lipinski definition) is 2. The van der Waals surface area contributed by atoms with Crippen LogP contribution < -0.4 is 20.1 Å². The molecule has 0 radical (unpaired) electrons. The maximum atomic E-state index is 12.3. The number of benzene rings is 1. The van der Waals surface area contributed by atoms with Gasteiger partial charge in [-0.2, -0.15) is 10.2 Å². The highest BCUT2D eigenvalue weighted by Crippen LogP contribution is 2.29. The van der Waals surface area contributed by atoms with Gasteiger partial charge in [0.15, 0.2) is 5.82 Å². The molecule has 142 valence electrons. The van der Waals surface area contributed by atoms with E-state index in [1.165, 1.54) is 24.4 Å². The van der Waals surface area contributed by atoms with Crippen molar-refractivity contribution < 1.29 is 19.2 Å². The number of nitrogens with one attached hydrogen (secondary N) is 2. The number of ether oxygens (including phenoxy) is 2. The van der Waals surface area contributed by atoms with E-state index in [4.69, 9.17) is 14.7 Å². The predicted molar refractivity (Wildman–Crippen MR) is 97.2 cm³/mol. The molecule has 1 aliphatic heterocycles. The molecule has 11 nitrogen and oxygen atoms in total. The molecule has 28 heavy (non-hydrogen) atoms. The van der Waals surface area contributed by atoms with Crippen molar-refractivity contribution in [3.8, 4) is 17.7 Å². The number of amides is 2. The van der Waals surface area contributed by atoms with Crippen LogP contribution in [0.1, 0.15) is 12.1 Å². The van der Waals surface area contributed by atoms with E-state index in [-0.39, 0.29) is 47.7 Å². The Bertz CT molecular complexity index is 984. The molecule has 11 heteroatoms. The van der Waals surface area contributed by atoms with Crippen LogP contribution in [-0.2, 0) is 0 Å². The fraction of sp³-hybridized carbons (Fsp3) is 0.176. The second-order valence-corrected chi connectivity index (χ2v) is 5.46. The first-order valence-corrected chi connectivity index (χ1v) is 8.11. The van der Waals surface area contributed by atoms with Crippen molar-refractivity contribution in [3.63, 3.8) is 0 Å². The molecular formula is C17H14N6O5. The summed E-state index contributed by atoms with van der Waals surface area (Å²) in [5, 5.41) is 25.0. The zero-order chi connectivity index (χ0) is 19.9. The third-order valence-corrected chi connectivity index (χ3v) is 3.54. The molecule has 2 aromatic rings. The number of urea groups is 1. The average Bonchev–Trinajstić information content (AvgIpc) is 2.68. The van der Waals surface area contributed by atoms with E-state index in [0.717, 1.165) is 0 Å². The quantitative estimate of drug-likeness (QED) is 0.433. The van der Waals surface area contributed by atoms with Crippen LogP contribution in [0.3, 0.4) is 0 Å². The normalized spacial score (nSPS) is 15.0. The fourth-order valence-corrected chi connectivity index (χ4v) is 2.28. The maximum Gasteiger partial charge on any atom is 0.325 e. The molecule has 0 fully saturated rings. The summed E-state index contributed by atoms with van der Waals surface area (Å²) in [4.78, 5) is 30.7. The number of nitrogens with zero attached hydrogens (tertiary/aromatic N) is 4. The first kappa shape index (κ1) is 18.6. The summed E-state index contributed by atoms with van der Waals surface area (Å²) < 4.78 is 11.0. The number of anilines is 2. The molecule has 0 spiro atoms. The van der Waals surface area contributed by atoms with Crippen LogP contribution >= 0.6 is 0 Å². The zero-order valence-corrected chi connectivity index (χ0v) is 14.4. The molecule has 3 rings (SSSR count). The SMILES string of the molecule is N#Cc1ncc2nc1OC/C=C\CCOc1ccc([N+](=O)[O-])cc1NC(=O)N2. The van der Waals surface area contributed by atoms with Crippen LogP contribution in [0, 0.1) is 21.4 Å². The highest BCUT2D eigenvalue weighted by Gasteiger charge is 2.16. The van der Waals surface area contributed by atoms with E-state index in [0.29, 0.717) is 6.42 Å². The van der Waals surface area contributed by atoms with Crippen molar-refractivity contribution in [1.82, 2.24) is 9.97 Å². The number of aromatic nitrogens is 2. The Morgan fingerprint density at radius 3 is 2.89 bits per heavy atom. The summed E-state index contributed by atoms with van der Waals surface area (Å²) in [6.07, 6.45) is 5.27. The topological polar surface area (TPSA) is 152 Å². The van der Waals surface area contributed by atoms with Gasteiger partial charge in [-0.3, -0.25) is 15.4 Å². The average molecular weight is 382 g/mol. The number of nitriles is 1.